The molecule has 0 aliphatic carbocycles. The molecule has 0 spiro atoms. The van der Waals surface area contributed by atoms with Crippen LogP contribution in [0.15, 0.2) is 53.5 Å². The van der Waals surface area contributed by atoms with Crippen LogP contribution in [0.3, 0.4) is 0 Å². The zero-order valence-corrected chi connectivity index (χ0v) is 20.9. The van der Waals surface area contributed by atoms with Crippen LogP contribution < -0.4 is 10.6 Å². The number of phenolic OH excluding ortho intramolecular Hbond substituents is 1. The predicted molar refractivity (Wildman–Crippen MR) is 139 cm³/mol. The average Bonchev–Trinajstić information content (AvgIpc) is 3.06. The first-order valence-corrected chi connectivity index (χ1v) is 11.4. The van der Waals surface area contributed by atoms with Gasteiger partial charge in [-0.1, -0.05) is 43.3 Å². The molecule has 10 heteroatoms. The number of aromatic nitrogens is 1. The highest BCUT2D eigenvalue weighted by atomic mass is 16.3. The highest BCUT2D eigenvalue weighted by molar-refractivity contribution is 6.39. The molecule has 0 aliphatic heterocycles. The van der Waals surface area contributed by atoms with Crippen LogP contribution in [0.25, 0.3) is 0 Å². The Morgan fingerprint density at radius 3 is 2.31 bits per heavy atom. The Morgan fingerprint density at radius 1 is 1.03 bits per heavy atom. The summed E-state index contributed by atoms with van der Waals surface area (Å²) in [6.45, 7) is 3.60. The molecule has 0 saturated carbocycles. The van der Waals surface area contributed by atoms with Crippen molar-refractivity contribution < 1.29 is 24.9 Å². The highest BCUT2D eigenvalue weighted by Crippen LogP contribution is 2.47. The lowest BCUT2D eigenvalue weighted by Crippen LogP contribution is -2.32. The number of nitrogens with one attached hydrogen (secondary N) is 2. The molecular formula is C26H31N5O5. The van der Waals surface area contributed by atoms with Crippen molar-refractivity contribution in [3.05, 3.63) is 59.7 Å². The Hall–Kier alpha value is -4.47. The Balaban J connectivity index is 1.98. The number of aromatic hydroxyl groups is 3. The minimum atomic E-state index is -0.427. The van der Waals surface area contributed by atoms with Gasteiger partial charge in [0.1, 0.15) is 11.4 Å². The van der Waals surface area contributed by atoms with Crippen molar-refractivity contribution in [3.8, 4) is 17.5 Å². The van der Waals surface area contributed by atoms with Crippen molar-refractivity contribution in [1.29, 1.82) is 0 Å². The summed E-state index contributed by atoms with van der Waals surface area (Å²) in [6.07, 6.45) is 0.250. The van der Waals surface area contributed by atoms with Gasteiger partial charge in [-0.05, 0) is 31.0 Å². The second kappa shape index (κ2) is 10.9. The smallest absolute Gasteiger partial charge is 0.266 e. The number of aliphatic imine (C=N–C) groups is 1. The standard InChI is InChI=1S/C26H31N5O5/c1-6-18(23(33)27-15(2)16-11-8-7-9-12-16)28-20-21(26(36)31(5)25(20)35)29-19-14-10-13-17(22(19)32)24(34)30(3)4/h7-15,29,32,35-36H,6H2,1-5H3,(H,27,33). The van der Waals surface area contributed by atoms with E-state index in [0.29, 0.717) is 0 Å². The van der Waals surface area contributed by atoms with Crippen LogP contribution in [0.1, 0.15) is 42.2 Å². The number of phenols is 1. The Bertz CT molecular complexity index is 1300. The van der Waals surface area contributed by atoms with Gasteiger partial charge in [0, 0.05) is 21.1 Å². The molecule has 190 valence electrons. The van der Waals surface area contributed by atoms with Crippen LogP contribution in [-0.2, 0) is 11.8 Å². The van der Waals surface area contributed by atoms with E-state index in [9.17, 15) is 24.9 Å². The van der Waals surface area contributed by atoms with Crippen molar-refractivity contribution >= 4 is 34.6 Å². The molecule has 1 atom stereocenters. The molecule has 10 nitrogen and oxygen atoms in total. The number of carbonyl (C=O) groups excluding carboxylic acids is 2. The summed E-state index contributed by atoms with van der Waals surface area (Å²) in [5.41, 5.74) is 1.10. The summed E-state index contributed by atoms with van der Waals surface area (Å²) in [5, 5.41) is 37.7. The lowest BCUT2D eigenvalue weighted by atomic mass is 10.1. The van der Waals surface area contributed by atoms with Gasteiger partial charge in [-0.2, -0.15) is 0 Å². The lowest BCUT2D eigenvalue weighted by molar-refractivity contribution is -0.115. The summed E-state index contributed by atoms with van der Waals surface area (Å²) in [6, 6.07) is 13.7. The number of amides is 2. The quantitative estimate of drug-likeness (QED) is 0.238. The van der Waals surface area contributed by atoms with Crippen LogP contribution in [0.5, 0.6) is 17.5 Å². The minimum Gasteiger partial charge on any atom is -0.505 e. The average molecular weight is 494 g/mol. The molecule has 0 fully saturated rings. The summed E-state index contributed by atoms with van der Waals surface area (Å²) < 4.78 is 1.09. The molecular weight excluding hydrogens is 462 g/mol. The Morgan fingerprint density at radius 2 is 1.69 bits per heavy atom. The molecule has 0 radical (unpaired) electrons. The number of anilines is 2. The predicted octanol–water partition coefficient (Wildman–Crippen LogP) is 3.95. The number of hydrogen-bond acceptors (Lipinski definition) is 7. The fraction of sp³-hybridized carbons (Fsp3) is 0.269. The highest BCUT2D eigenvalue weighted by Gasteiger charge is 2.25. The first-order chi connectivity index (χ1) is 17.1. The number of rotatable bonds is 8. The Kier molecular flexibility index (Phi) is 7.88. The zero-order valence-electron chi connectivity index (χ0n) is 20.9. The van der Waals surface area contributed by atoms with Crippen molar-refractivity contribution in [3.63, 3.8) is 0 Å². The fourth-order valence-electron chi connectivity index (χ4n) is 3.59. The van der Waals surface area contributed by atoms with Gasteiger partial charge in [0.15, 0.2) is 11.4 Å². The van der Waals surface area contributed by atoms with E-state index in [1.165, 1.54) is 24.1 Å². The van der Waals surface area contributed by atoms with E-state index in [1.807, 2.05) is 37.3 Å². The molecule has 0 bridgehead atoms. The third kappa shape index (κ3) is 5.27. The summed E-state index contributed by atoms with van der Waals surface area (Å²) in [5.74, 6) is -1.93. The summed E-state index contributed by atoms with van der Waals surface area (Å²) in [7, 11) is 4.54. The van der Waals surface area contributed by atoms with Crippen LogP contribution in [0.2, 0.25) is 0 Å². The second-order valence-corrected chi connectivity index (χ2v) is 8.47. The Labute approximate surface area is 209 Å². The third-order valence-corrected chi connectivity index (χ3v) is 5.73. The summed E-state index contributed by atoms with van der Waals surface area (Å²) >= 11 is 0. The maximum absolute atomic E-state index is 13.0. The van der Waals surface area contributed by atoms with Crippen LogP contribution in [0, 0.1) is 0 Å². The van der Waals surface area contributed by atoms with Crippen molar-refractivity contribution in [1.82, 2.24) is 14.8 Å². The van der Waals surface area contributed by atoms with Crippen molar-refractivity contribution in [2.75, 3.05) is 19.4 Å². The number of hydrogen-bond donors (Lipinski definition) is 5. The molecule has 3 rings (SSSR count). The molecule has 5 N–H and O–H groups in total. The van der Waals surface area contributed by atoms with Gasteiger partial charge in [0.25, 0.3) is 11.8 Å². The molecule has 3 aromatic rings. The van der Waals surface area contributed by atoms with Gasteiger partial charge >= 0.3 is 0 Å². The van der Waals surface area contributed by atoms with Gasteiger partial charge in [-0.25, -0.2) is 4.99 Å². The first-order valence-electron chi connectivity index (χ1n) is 11.4. The van der Waals surface area contributed by atoms with Gasteiger partial charge < -0.3 is 30.9 Å². The normalized spacial score (nSPS) is 12.2. The van der Waals surface area contributed by atoms with Crippen LogP contribution >= 0.6 is 0 Å². The van der Waals surface area contributed by atoms with Crippen molar-refractivity contribution in [2.45, 2.75) is 26.3 Å². The number of nitrogens with zero attached hydrogens (tertiary/aromatic N) is 3. The number of carbonyl (C=O) groups is 2. The van der Waals surface area contributed by atoms with E-state index in [2.05, 4.69) is 15.6 Å². The van der Waals surface area contributed by atoms with E-state index in [0.717, 1.165) is 10.1 Å². The number of para-hydroxylation sites is 1. The van der Waals surface area contributed by atoms with Gasteiger partial charge in [-0.3, -0.25) is 14.2 Å². The lowest BCUT2D eigenvalue weighted by Gasteiger charge is -2.16. The molecule has 1 aromatic heterocycles. The third-order valence-electron chi connectivity index (χ3n) is 5.73. The largest absolute Gasteiger partial charge is 0.505 e. The number of benzene rings is 2. The molecule has 36 heavy (non-hydrogen) atoms. The molecule has 2 aromatic carbocycles. The monoisotopic (exact) mass is 493 g/mol. The van der Waals surface area contributed by atoms with E-state index < -0.39 is 11.8 Å². The molecule has 1 unspecified atom stereocenters. The van der Waals surface area contributed by atoms with E-state index in [-0.39, 0.29) is 58.3 Å². The molecule has 0 aliphatic rings. The fourth-order valence-corrected chi connectivity index (χ4v) is 3.59. The molecule has 0 saturated heterocycles. The second-order valence-electron chi connectivity index (χ2n) is 8.47. The van der Waals surface area contributed by atoms with Gasteiger partial charge in [0.2, 0.25) is 11.8 Å². The first kappa shape index (κ1) is 26.1. The van der Waals surface area contributed by atoms with Crippen LogP contribution in [0.4, 0.5) is 17.1 Å². The van der Waals surface area contributed by atoms with E-state index in [1.54, 1.807) is 27.1 Å². The SMILES string of the molecule is CCC(=Nc1c(Nc2cccc(C(=O)N(C)C)c2O)c(O)n(C)c1O)C(=O)NC(C)c1ccccc1. The maximum Gasteiger partial charge on any atom is 0.266 e. The van der Waals surface area contributed by atoms with Gasteiger partial charge in [-0.15, -0.1) is 0 Å². The topological polar surface area (TPSA) is 139 Å². The van der Waals surface area contributed by atoms with E-state index >= 15 is 0 Å². The van der Waals surface area contributed by atoms with E-state index in [4.69, 9.17) is 0 Å². The maximum atomic E-state index is 13.0. The zero-order chi connectivity index (χ0) is 26.6. The van der Waals surface area contributed by atoms with Crippen molar-refractivity contribution in [2.24, 2.45) is 12.0 Å². The summed E-state index contributed by atoms with van der Waals surface area (Å²) in [4.78, 5) is 31.1. The van der Waals surface area contributed by atoms with Gasteiger partial charge in [0.05, 0.1) is 17.3 Å². The minimum absolute atomic E-state index is 0.0328. The molecule has 2 amide bonds. The van der Waals surface area contributed by atoms with Crippen LogP contribution in [-0.4, -0.2) is 56.4 Å². The molecule has 1 heterocycles.